The van der Waals surface area contributed by atoms with Gasteiger partial charge in [0, 0.05) is 6.07 Å². The second-order valence-electron chi connectivity index (χ2n) is 3.91. The van der Waals surface area contributed by atoms with Gasteiger partial charge in [-0.2, -0.15) is 0 Å². The van der Waals surface area contributed by atoms with Crippen LogP contribution in [0.5, 0.6) is 0 Å². The molecular formula is C13H10ClF2N3O. The predicted octanol–water partition coefficient (Wildman–Crippen LogP) is 3.84. The van der Waals surface area contributed by atoms with Gasteiger partial charge in [-0.05, 0) is 18.2 Å². The molecule has 0 unspecified atom stereocenters. The van der Waals surface area contributed by atoms with Gasteiger partial charge < -0.3 is 16.4 Å². The van der Waals surface area contributed by atoms with Gasteiger partial charge >= 0.3 is 6.03 Å². The molecule has 0 spiro atoms. The van der Waals surface area contributed by atoms with E-state index in [1.165, 1.54) is 0 Å². The Kier molecular flexibility index (Phi) is 4.05. The summed E-state index contributed by atoms with van der Waals surface area (Å²) in [4.78, 5) is 11.7. The van der Waals surface area contributed by atoms with Gasteiger partial charge in [0.1, 0.15) is 11.5 Å². The highest BCUT2D eigenvalue weighted by Crippen LogP contribution is 2.25. The van der Waals surface area contributed by atoms with Crippen LogP contribution >= 0.6 is 11.6 Å². The molecule has 4 N–H and O–H groups in total. The van der Waals surface area contributed by atoms with Crippen molar-refractivity contribution in [3.8, 4) is 0 Å². The molecule has 2 aromatic carbocycles. The van der Waals surface area contributed by atoms with Crippen molar-refractivity contribution in [2.75, 3.05) is 16.4 Å². The molecule has 0 aliphatic rings. The number of rotatable bonds is 2. The SMILES string of the molecule is Nc1cc(F)cc(F)c1NC(=O)Nc1ccccc1Cl. The first-order valence-corrected chi connectivity index (χ1v) is 5.92. The Morgan fingerprint density at radius 2 is 1.85 bits per heavy atom. The first kappa shape index (κ1) is 14.1. The van der Waals surface area contributed by atoms with Crippen LogP contribution in [-0.4, -0.2) is 6.03 Å². The average Bonchev–Trinajstić information content (AvgIpc) is 2.36. The molecule has 0 fully saturated rings. The van der Waals surface area contributed by atoms with Crippen molar-refractivity contribution in [2.45, 2.75) is 0 Å². The van der Waals surface area contributed by atoms with Crippen LogP contribution in [-0.2, 0) is 0 Å². The molecule has 0 aliphatic heterocycles. The number of nitrogens with two attached hydrogens (primary N) is 1. The van der Waals surface area contributed by atoms with Crippen molar-refractivity contribution in [3.05, 3.63) is 53.1 Å². The molecule has 104 valence electrons. The smallest absolute Gasteiger partial charge is 0.323 e. The van der Waals surface area contributed by atoms with Crippen LogP contribution in [0, 0.1) is 11.6 Å². The maximum atomic E-state index is 13.5. The molecule has 0 saturated carbocycles. The Morgan fingerprint density at radius 1 is 1.15 bits per heavy atom. The summed E-state index contributed by atoms with van der Waals surface area (Å²) in [6.07, 6.45) is 0. The normalized spacial score (nSPS) is 10.2. The van der Waals surface area contributed by atoms with Gasteiger partial charge in [0.05, 0.1) is 16.4 Å². The van der Waals surface area contributed by atoms with E-state index in [9.17, 15) is 13.6 Å². The molecule has 4 nitrogen and oxygen atoms in total. The number of halogens is 3. The molecule has 2 aromatic rings. The lowest BCUT2D eigenvalue weighted by Gasteiger charge is -2.11. The first-order valence-electron chi connectivity index (χ1n) is 5.54. The van der Waals surface area contributed by atoms with Gasteiger partial charge in [-0.3, -0.25) is 0 Å². The molecule has 0 atom stereocenters. The van der Waals surface area contributed by atoms with Crippen LogP contribution in [0.2, 0.25) is 5.02 Å². The van der Waals surface area contributed by atoms with E-state index in [1.54, 1.807) is 24.3 Å². The Hall–Kier alpha value is -2.34. The van der Waals surface area contributed by atoms with Crippen LogP contribution in [0.15, 0.2) is 36.4 Å². The molecule has 2 rings (SSSR count). The molecule has 0 radical (unpaired) electrons. The van der Waals surface area contributed by atoms with Crippen LogP contribution in [0.3, 0.4) is 0 Å². The van der Waals surface area contributed by atoms with Crippen LogP contribution < -0.4 is 16.4 Å². The summed E-state index contributed by atoms with van der Waals surface area (Å²) in [6.45, 7) is 0. The molecule has 20 heavy (non-hydrogen) atoms. The Bertz CT molecular complexity index is 641. The molecule has 0 aromatic heterocycles. The standard InChI is InChI=1S/C13H10ClF2N3O/c14-8-3-1-2-4-11(8)18-13(20)19-12-9(16)5-7(15)6-10(12)17/h1-6H,17H2,(H2,18,19,20). The van der Waals surface area contributed by atoms with Crippen LogP contribution in [0.25, 0.3) is 0 Å². The maximum Gasteiger partial charge on any atom is 0.323 e. The topological polar surface area (TPSA) is 67.1 Å². The second kappa shape index (κ2) is 5.75. The summed E-state index contributed by atoms with van der Waals surface area (Å²) in [7, 11) is 0. The van der Waals surface area contributed by atoms with Crippen molar-refractivity contribution < 1.29 is 13.6 Å². The summed E-state index contributed by atoms with van der Waals surface area (Å²) in [5.41, 5.74) is 5.29. The number of para-hydroxylation sites is 1. The predicted molar refractivity (Wildman–Crippen MR) is 74.9 cm³/mol. The van der Waals surface area contributed by atoms with Crippen molar-refractivity contribution in [1.82, 2.24) is 0 Å². The molecular weight excluding hydrogens is 288 g/mol. The van der Waals surface area contributed by atoms with E-state index in [4.69, 9.17) is 17.3 Å². The highest BCUT2D eigenvalue weighted by molar-refractivity contribution is 6.33. The van der Waals surface area contributed by atoms with Gasteiger partial charge in [-0.25, -0.2) is 13.6 Å². The van der Waals surface area contributed by atoms with Gasteiger partial charge in [0.2, 0.25) is 0 Å². The highest BCUT2D eigenvalue weighted by Gasteiger charge is 2.13. The largest absolute Gasteiger partial charge is 0.397 e. The van der Waals surface area contributed by atoms with Gasteiger partial charge in [-0.15, -0.1) is 0 Å². The third-order valence-corrected chi connectivity index (χ3v) is 2.78. The van der Waals surface area contributed by atoms with Crippen molar-refractivity contribution in [3.63, 3.8) is 0 Å². The lowest BCUT2D eigenvalue weighted by atomic mass is 10.2. The first-order chi connectivity index (χ1) is 9.47. The van der Waals surface area contributed by atoms with Crippen molar-refractivity contribution in [1.29, 1.82) is 0 Å². The summed E-state index contributed by atoms with van der Waals surface area (Å²) >= 11 is 5.86. The van der Waals surface area contributed by atoms with E-state index in [0.29, 0.717) is 16.8 Å². The lowest BCUT2D eigenvalue weighted by molar-refractivity contribution is 0.262. The summed E-state index contributed by atoms with van der Waals surface area (Å²) < 4.78 is 26.4. The molecule has 7 heteroatoms. The fraction of sp³-hybridized carbons (Fsp3) is 0. The average molecular weight is 298 g/mol. The second-order valence-corrected chi connectivity index (χ2v) is 4.32. The highest BCUT2D eigenvalue weighted by atomic mass is 35.5. The third kappa shape index (κ3) is 3.16. The van der Waals surface area contributed by atoms with E-state index >= 15 is 0 Å². The third-order valence-electron chi connectivity index (χ3n) is 2.45. The molecule has 0 heterocycles. The minimum absolute atomic E-state index is 0.211. The fourth-order valence-corrected chi connectivity index (χ4v) is 1.74. The summed E-state index contributed by atoms with van der Waals surface area (Å²) in [5, 5.41) is 4.96. The Labute approximate surface area is 118 Å². The number of hydrogen-bond donors (Lipinski definition) is 3. The maximum absolute atomic E-state index is 13.5. The Balaban J connectivity index is 2.15. The van der Waals surface area contributed by atoms with Crippen LogP contribution in [0.4, 0.5) is 30.6 Å². The number of nitrogens with one attached hydrogen (secondary N) is 2. The molecule has 0 saturated heterocycles. The lowest BCUT2D eigenvalue weighted by Crippen LogP contribution is -2.21. The van der Waals surface area contributed by atoms with E-state index in [2.05, 4.69) is 10.6 Å². The zero-order valence-electron chi connectivity index (χ0n) is 10.1. The number of carbonyl (C=O) groups excluding carboxylic acids is 1. The van der Waals surface area contributed by atoms with Gasteiger partial charge in [-0.1, -0.05) is 23.7 Å². The number of carbonyl (C=O) groups is 1. The number of anilines is 3. The number of hydrogen-bond acceptors (Lipinski definition) is 2. The molecule has 0 bridgehead atoms. The number of urea groups is 1. The number of amides is 2. The molecule has 0 aliphatic carbocycles. The summed E-state index contributed by atoms with van der Waals surface area (Å²) in [6, 6.07) is 7.33. The van der Waals surface area contributed by atoms with Crippen molar-refractivity contribution in [2.24, 2.45) is 0 Å². The van der Waals surface area contributed by atoms with E-state index in [1.807, 2.05) is 0 Å². The van der Waals surface area contributed by atoms with Crippen molar-refractivity contribution >= 4 is 34.7 Å². The number of benzene rings is 2. The summed E-state index contributed by atoms with van der Waals surface area (Å²) in [5.74, 6) is -1.78. The van der Waals surface area contributed by atoms with E-state index < -0.39 is 17.7 Å². The quantitative estimate of drug-likeness (QED) is 0.737. The fourth-order valence-electron chi connectivity index (χ4n) is 1.56. The zero-order chi connectivity index (χ0) is 14.7. The Morgan fingerprint density at radius 3 is 2.50 bits per heavy atom. The molecule has 2 amide bonds. The van der Waals surface area contributed by atoms with Gasteiger partial charge in [0.15, 0.2) is 5.82 Å². The zero-order valence-corrected chi connectivity index (χ0v) is 10.8. The van der Waals surface area contributed by atoms with Crippen LogP contribution in [0.1, 0.15) is 0 Å². The van der Waals surface area contributed by atoms with Gasteiger partial charge in [0.25, 0.3) is 0 Å². The number of nitrogen functional groups attached to an aromatic ring is 1. The van der Waals surface area contributed by atoms with E-state index in [0.717, 1.165) is 6.07 Å². The minimum Gasteiger partial charge on any atom is -0.397 e. The van der Waals surface area contributed by atoms with E-state index in [-0.39, 0.29) is 11.4 Å². The minimum atomic E-state index is -0.961. The monoisotopic (exact) mass is 297 g/mol.